The van der Waals surface area contributed by atoms with Gasteiger partial charge in [0, 0.05) is 11.6 Å². The van der Waals surface area contributed by atoms with Crippen LogP contribution < -0.4 is 16.0 Å². The van der Waals surface area contributed by atoms with Gasteiger partial charge in [0.05, 0.1) is 24.9 Å². The number of nitrogens with two attached hydrogens (primary N) is 1. The molecule has 2 rings (SSSR count). The first-order valence-electron chi connectivity index (χ1n) is 6.64. The Kier molecular flexibility index (Phi) is 4.53. The van der Waals surface area contributed by atoms with Gasteiger partial charge in [0.25, 0.3) is 5.56 Å². The van der Waals surface area contributed by atoms with Crippen LogP contribution in [0.2, 0.25) is 0 Å². The fourth-order valence-corrected chi connectivity index (χ4v) is 2.04. The summed E-state index contributed by atoms with van der Waals surface area (Å²) in [4.78, 5) is 11.8. The summed E-state index contributed by atoms with van der Waals surface area (Å²) in [6.45, 7) is 4.67. The van der Waals surface area contributed by atoms with Crippen molar-refractivity contribution >= 4 is 0 Å². The van der Waals surface area contributed by atoms with Gasteiger partial charge in [-0.1, -0.05) is 18.2 Å². The van der Waals surface area contributed by atoms with E-state index >= 15 is 0 Å². The van der Waals surface area contributed by atoms with Crippen molar-refractivity contribution in [3.8, 4) is 5.75 Å². The highest BCUT2D eigenvalue weighted by atomic mass is 16.5. The van der Waals surface area contributed by atoms with Crippen LogP contribution in [-0.2, 0) is 6.54 Å². The molecule has 2 aromatic rings. The average Bonchev–Trinajstić information content (AvgIpc) is 2.44. The third-order valence-corrected chi connectivity index (χ3v) is 2.99. The van der Waals surface area contributed by atoms with Gasteiger partial charge in [-0.3, -0.25) is 4.79 Å². The topological polar surface area (TPSA) is 70.1 Å². The van der Waals surface area contributed by atoms with E-state index in [0.717, 1.165) is 17.0 Å². The predicted molar refractivity (Wildman–Crippen MR) is 77.8 cm³/mol. The monoisotopic (exact) mass is 273 g/mol. The molecule has 0 fully saturated rings. The van der Waals surface area contributed by atoms with Crippen molar-refractivity contribution in [1.29, 1.82) is 0 Å². The van der Waals surface area contributed by atoms with Gasteiger partial charge in [-0.2, -0.15) is 5.10 Å². The largest absolute Gasteiger partial charge is 0.494 e. The van der Waals surface area contributed by atoms with Crippen LogP contribution in [0.3, 0.4) is 0 Å². The fraction of sp³-hybridized carbons (Fsp3) is 0.333. The van der Waals surface area contributed by atoms with Gasteiger partial charge in [-0.15, -0.1) is 0 Å². The summed E-state index contributed by atoms with van der Waals surface area (Å²) < 4.78 is 6.95. The second-order valence-corrected chi connectivity index (χ2v) is 4.57. The summed E-state index contributed by atoms with van der Waals surface area (Å²) in [6, 6.07) is 10.5. The fourth-order valence-electron chi connectivity index (χ4n) is 2.04. The molecule has 0 aliphatic heterocycles. The lowest BCUT2D eigenvalue weighted by Gasteiger charge is -2.17. The van der Waals surface area contributed by atoms with E-state index in [0.29, 0.717) is 13.2 Å². The molecule has 5 nitrogen and oxygen atoms in total. The zero-order valence-corrected chi connectivity index (χ0v) is 11.7. The maximum atomic E-state index is 11.8. The third-order valence-electron chi connectivity index (χ3n) is 2.99. The molecule has 1 unspecified atom stereocenters. The van der Waals surface area contributed by atoms with Crippen LogP contribution in [0.15, 0.2) is 41.2 Å². The van der Waals surface area contributed by atoms with E-state index in [1.807, 2.05) is 38.1 Å². The van der Waals surface area contributed by atoms with E-state index in [2.05, 4.69) is 5.10 Å². The van der Waals surface area contributed by atoms with Crippen LogP contribution in [0.4, 0.5) is 0 Å². The maximum Gasteiger partial charge on any atom is 0.266 e. The SMILES string of the molecule is CCOc1ccccc1C(N)Cn1nc(C)ccc1=O. The number of aromatic nitrogens is 2. The lowest BCUT2D eigenvalue weighted by Crippen LogP contribution is -2.28. The van der Waals surface area contributed by atoms with Gasteiger partial charge in [0.15, 0.2) is 0 Å². The van der Waals surface area contributed by atoms with Crippen molar-refractivity contribution in [3.05, 3.63) is 58.0 Å². The van der Waals surface area contributed by atoms with Crippen LogP contribution in [0, 0.1) is 6.92 Å². The molecule has 1 atom stereocenters. The van der Waals surface area contributed by atoms with Crippen molar-refractivity contribution in [3.63, 3.8) is 0 Å². The van der Waals surface area contributed by atoms with Gasteiger partial charge < -0.3 is 10.5 Å². The molecule has 1 heterocycles. The van der Waals surface area contributed by atoms with Crippen LogP contribution in [0.1, 0.15) is 24.2 Å². The molecule has 5 heteroatoms. The Labute approximate surface area is 118 Å². The maximum absolute atomic E-state index is 11.8. The molecule has 0 aliphatic carbocycles. The highest BCUT2D eigenvalue weighted by Crippen LogP contribution is 2.24. The number of benzene rings is 1. The Bertz CT molecular complexity index is 637. The number of aryl methyl sites for hydroxylation is 1. The van der Waals surface area contributed by atoms with Crippen molar-refractivity contribution in [2.45, 2.75) is 26.4 Å². The van der Waals surface area contributed by atoms with E-state index in [9.17, 15) is 4.79 Å². The van der Waals surface area contributed by atoms with Crippen molar-refractivity contribution < 1.29 is 4.74 Å². The standard InChI is InChI=1S/C15H19N3O2/c1-3-20-14-7-5-4-6-12(14)13(16)10-18-15(19)9-8-11(2)17-18/h4-9,13H,3,10,16H2,1-2H3. The first-order chi connectivity index (χ1) is 9.61. The molecule has 0 aliphatic rings. The Morgan fingerprint density at radius 3 is 2.80 bits per heavy atom. The summed E-state index contributed by atoms with van der Waals surface area (Å²) >= 11 is 0. The molecular formula is C15H19N3O2. The van der Waals surface area contributed by atoms with Gasteiger partial charge >= 0.3 is 0 Å². The molecule has 1 aromatic heterocycles. The van der Waals surface area contributed by atoms with Gasteiger partial charge in [0.1, 0.15) is 5.75 Å². The average molecular weight is 273 g/mol. The number of hydrogen-bond acceptors (Lipinski definition) is 4. The normalized spacial score (nSPS) is 12.2. The first kappa shape index (κ1) is 14.3. The first-order valence-corrected chi connectivity index (χ1v) is 6.64. The summed E-state index contributed by atoms with van der Waals surface area (Å²) in [7, 11) is 0. The molecule has 0 bridgehead atoms. The lowest BCUT2D eigenvalue weighted by atomic mass is 10.1. The summed E-state index contributed by atoms with van der Waals surface area (Å²) in [5.41, 5.74) is 7.71. The molecule has 2 N–H and O–H groups in total. The quantitative estimate of drug-likeness (QED) is 0.899. The smallest absolute Gasteiger partial charge is 0.266 e. The van der Waals surface area contributed by atoms with Gasteiger partial charge in [-0.25, -0.2) is 4.68 Å². The van der Waals surface area contributed by atoms with Crippen LogP contribution >= 0.6 is 0 Å². The minimum absolute atomic E-state index is 0.153. The molecule has 0 saturated carbocycles. The second-order valence-electron chi connectivity index (χ2n) is 4.57. The van der Waals surface area contributed by atoms with E-state index in [4.69, 9.17) is 10.5 Å². The predicted octanol–water partition coefficient (Wildman–Crippen LogP) is 1.65. The number of nitrogens with zero attached hydrogens (tertiary/aromatic N) is 2. The Morgan fingerprint density at radius 2 is 2.05 bits per heavy atom. The Hall–Kier alpha value is -2.14. The van der Waals surface area contributed by atoms with Crippen LogP contribution in [0.25, 0.3) is 0 Å². The van der Waals surface area contributed by atoms with Crippen molar-refractivity contribution in [2.75, 3.05) is 6.61 Å². The molecule has 106 valence electrons. The van der Waals surface area contributed by atoms with Gasteiger partial charge in [0.2, 0.25) is 0 Å². The lowest BCUT2D eigenvalue weighted by molar-refractivity contribution is 0.331. The van der Waals surface area contributed by atoms with Crippen molar-refractivity contribution in [1.82, 2.24) is 9.78 Å². The van der Waals surface area contributed by atoms with E-state index < -0.39 is 0 Å². The number of ether oxygens (including phenoxy) is 1. The highest BCUT2D eigenvalue weighted by molar-refractivity contribution is 5.35. The summed E-state index contributed by atoms with van der Waals surface area (Å²) in [6.07, 6.45) is 0. The van der Waals surface area contributed by atoms with Gasteiger partial charge in [-0.05, 0) is 26.0 Å². The molecule has 0 amide bonds. The number of para-hydroxylation sites is 1. The summed E-state index contributed by atoms with van der Waals surface area (Å²) in [5, 5.41) is 4.20. The Morgan fingerprint density at radius 1 is 1.30 bits per heavy atom. The van der Waals surface area contributed by atoms with E-state index in [1.54, 1.807) is 6.07 Å². The zero-order valence-electron chi connectivity index (χ0n) is 11.7. The zero-order chi connectivity index (χ0) is 14.5. The minimum Gasteiger partial charge on any atom is -0.494 e. The highest BCUT2D eigenvalue weighted by Gasteiger charge is 2.13. The van der Waals surface area contributed by atoms with Crippen molar-refractivity contribution in [2.24, 2.45) is 5.73 Å². The Balaban J connectivity index is 2.26. The van der Waals surface area contributed by atoms with Crippen LogP contribution in [-0.4, -0.2) is 16.4 Å². The molecule has 20 heavy (non-hydrogen) atoms. The van der Waals surface area contributed by atoms with E-state index in [1.165, 1.54) is 10.7 Å². The molecule has 1 aromatic carbocycles. The molecule has 0 spiro atoms. The molecule has 0 saturated heterocycles. The summed E-state index contributed by atoms with van der Waals surface area (Å²) in [5.74, 6) is 0.753. The molecular weight excluding hydrogens is 254 g/mol. The number of rotatable bonds is 5. The van der Waals surface area contributed by atoms with E-state index in [-0.39, 0.29) is 11.6 Å². The van der Waals surface area contributed by atoms with Crippen LogP contribution in [0.5, 0.6) is 5.75 Å². The minimum atomic E-state index is -0.343. The second kappa shape index (κ2) is 6.34. The third kappa shape index (κ3) is 3.24. The molecule has 0 radical (unpaired) electrons. The number of hydrogen-bond donors (Lipinski definition) is 1.